The Morgan fingerprint density at radius 2 is 1.96 bits per heavy atom. The minimum atomic E-state index is 0.653. The molecule has 0 aliphatic heterocycles. The van der Waals surface area contributed by atoms with E-state index < -0.39 is 0 Å². The van der Waals surface area contributed by atoms with Crippen LogP contribution in [0.4, 0.5) is 0 Å². The van der Waals surface area contributed by atoms with Gasteiger partial charge in [0.15, 0.2) is 0 Å². The van der Waals surface area contributed by atoms with E-state index in [1.54, 1.807) is 0 Å². The molecule has 0 fully saturated rings. The second kappa shape index (κ2) is 8.19. The molecule has 0 aromatic heterocycles. The molecule has 0 heterocycles. The van der Waals surface area contributed by atoms with Crippen LogP contribution in [0.5, 0.6) is 5.75 Å². The first-order chi connectivity index (χ1) is 11.8. The van der Waals surface area contributed by atoms with Gasteiger partial charge in [0, 0.05) is 0 Å². The van der Waals surface area contributed by atoms with Gasteiger partial charge in [0.05, 0.1) is 6.61 Å². The van der Waals surface area contributed by atoms with E-state index in [9.17, 15) is 0 Å². The van der Waals surface area contributed by atoms with Gasteiger partial charge in [-0.2, -0.15) is 0 Å². The van der Waals surface area contributed by atoms with Crippen molar-refractivity contribution in [1.29, 1.82) is 0 Å². The van der Waals surface area contributed by atoms with Crippen molar-refractivity contribution in [2.45, 2.75) is 51.4 Å². The van der Waals surface area contributed by atoms with Crippen molar-refractivity contribution in [1.82, 2.24) is 0 Å². The van der Waals surface area contributed by atoms with Crippen molar-refractivity contribution in [2.75, 3.05) is 6.61 Å². The molecule has 1 aliphatic rings. The van der Waals surface area contributed by atoms with Crippen LogP contribution in [0.2, 0.25) is 0 Å². The number of fused-ring (bicyclic) bond motifs is 1. The second-order valence-electron chi connectivity index (χ2n) is 6.79. The number of hydrogen-bond donors (Lipinski definition) is 0. The lowest BCUT2D eigenvalue weighted by Gasteiger charge is -2.25. The molecule has 1 aliphatic carbocycles. The molecular weight excluding hydrogens is 292 g/mol. The molecule has 126 valence electrons. The molecule has 3 rings (SSSR count). The summed E-state index contributed by atoms with van der Waals surface area (Å²) >= 11 is 0. The van der Waals surface area contributed by atoms with E-state index >= 15 is 0 Å². The van der Waals surface area contributed by atoms with E-state index in [1.807, 2.05) is 6.08 Å². The average Bonchev–Trinajstić information content (AvgIpc) is 2.62. The van der Waals surface area contributed by atoms with E-state index in [4.69, 9.17) is 4.74 Å². The number of ether oxygens (including phenoxy) is 1. The predicted octanol–water partition coefficient (Wildman–Crippen LogP) is 5.87. The molecule has 24 heavy (non-hydrogen) atoms. The Morgan fingerprint density at radius 1 is 1.12 bits per heavy atom. The van der Waals surface area contributed by atoms with Gasteiger partial charge in [-0.25, -0.2) is 0 Å². The third-order valence-corrected chi connectivity index (χ3v) is 4.99. The van der Waals surface area contributed by atoms with Gasteiger partial charge in [0.2, 0.25) is 0 Å². The maximum Gasteiger partial charge on any atom is 0.119 e. The summed E-state index contributed by atoms with van der Waals surface area (Å²) in [6, 6.07) is 15.9. The normalized spacial score (nSPS) is 16.5. The van der Waals surface area contributed by atoms with Crippen LogP contribution in [-0.4, -0.2) is 6.61 Å². The van der Waals surface area contributed by atoms with Gasteiger partial charge in [-0.1, -0.05) is 49.8 Å². The van der Waals surface area contributed by atoms with Crippen molar-refractivity contribution in [2.24, 2.45) is 0 Å². The first-order valence-electron chi connectivity index (χ1n) is 9.24. The number of benzene rings is 2. The zero-order chi connectivity index (χ0) is 16.8. The molecule has 2 aromatic carbocycles. The highest BCUT2D eigenvalue weighted by Gasteiger charge is 2.20. The molecule has 0 amide bonds. The monoisotopic (exact) mass is 320 g/mol. The lowest BCUT2D eigenvalue weighted by atomic mass is 9.80. The molecule has 0 saturated carbocycles. The van der Waals surface area contributed by atoms with E-state index in [-0.39, 0.29) is 0 Å². The van der Waals surface area contributed by atoms with E-state index in [1.165, 1.54) is 41.5 Å². The topological polar surface area (TPSA) is 9.23 Å². The SMILES string of the molecule is C=CCCOc1ccc2c(c1)CCC(c1ccc(CCC)cc1)C2. The molecule has 0 bridgehead atoms. The molecule has 2 aromatic rings. The highest BCUT2D eigenvalue weighted by molar-refractivity contribution is 5.40. The highest BCUT2D eigenvalue weighted by atomic mass is 16.5. The lowest BCUT2D eigenvalue weighted by molar-refractivity contribution is 0.324. The van der Waals surface area contributed by atoms with Crippen molar-refractivity contribution in [3.8, 4) is 5.75 Å². The Kier molecular flexibility index (Phi) is 5.74. The first-order valence-corrected chi connectivity index (χ1v) is 9.24. The molecule has 0 radical (unpaired) electrons. The van der Waals surface area contributed by atoms with Crippen molar-refractivity contribution in [3.63, 3.8) is 0 Å². The van der Waals surface area contributed by atoms with Gasteiger partial charge in [0.1, 0.15) is 5.75 Å². The molecule has 0 spiro atoms. The Balaban J connectivity index is 1.66. The van der Waals surface area contributed by atoms with Crippen LogP contribution in [0.15, 0.2) is 55.1 Å². The third kappa shape index (κ3) is 4.08. The van der Waals surface area contributed by atoms with Crippen molar-refractivity contribution < 1.29 is 4.74 Å². The Labute approximate surface area is 146 Å². The van der Waals surface area contributed by atoms with Crippen LogP contribution < -0.4 is 4.74 Å². The van der Waals surface area contributed by atoms with Crippen LogP contribution in [-0.2, 0) is 19.3 Å². The zero-order valence-electron chi connectivity index (χ0n) is 14.8. The molecule has 1 atom stereocenters. The second-order valence-corrected chi connectivity index (χ2v) is 6.79. The van der Waals surface area contributed by atoms with Crippen LogP contribution in [0.3, 0.4) is 0 Å². The van der Waals surface area contributed by atoms with Crippen LogP contribution in [0.1, 0.15) is 54.4 Å². The first kappa shape index (κ1) is 16.8. The molecule has 0 N–H and O–H groups in total. The molecule has 1 unspecified atom stereocenters. The number of hydrogen-bond acceptors (Lipinski definition) is 1. The summed E-state index contributed by atoms with van der Waals surface area (Å²) < 4.78 is 5.79. The summed E-state index contributed by atoms with van der Waals surface area (Å²) in [4.78, 5) is 0. The summed E-state index contributed by atoms with van der Waals surface area (Å²) in [6.45, 7) is 6.69. The van der Waals surface area contributed by atoms with Crippen LogP contribution >= 0.6 is 0 Å². The van der Waals surface area contributed by atoms with Gasteiger partial charge in [-0.3, -0.25) is 0 Å². The van der Waals surface area contributed by atoms with E-state index in [2.05, 4.69) is 56.0 Å². The van der Waals surface area contributed by atoms with E-state index in [0.29, 0.717) is 5.92 Å². The molecule has 1 nitrogen and oxygen atoms in total. The quantitative estimate of drug-likeness (QED) is 0.458. The summed E-state index contributed by atoms with van der Waals surface area (Å²) in [5.41, 5.74) is 5.90. The van der Waals surface area contributed by atoms with Gasteiger partial charge >= 0.3 is 0 Å². The van der Waals surface area contributed by atoms with E-state index in [0.717, 1.165) is 31.6 Å². The maximum atomic E-state index is 5.79. The summed E-state index contributed by atoms with van der Waals surface area (Å²) in [7, 11) is 0. The lowest BCUT2D eigenvalue weighted by Crippen LogP contribution is -2.13. The highest BCUT2D eigenvalue weighted by Crippen LogP contribution is 2.34. The molecule has 0 saturated heterocycles. The van der Waals surface area contributed by atoms with Crippen LogP contribution in [0.25, 0.3) is 0 Å². The minimum absolute atomic E-state index is 0.653. The summed E-state index contributed by atoms with van der Waals surface area (Å²) in [5.74, 6) is 1.65. The third-order valence-electron chi connectivity index (χ3n) is 4.99. The summed E-state index contributed by atoms with van der Waals surface area (Å²) in [6.07, 6.45) is 8.72. The Bertz CT molecular complexity index is 669. The molecular formula is C23H28O. The number of rotatable bonds is 7. The van der Waals surface area contributed by atoms with Gasteiger partial charge in [-0.15, -0.1) is 6.58 Å². The van der Waals surface area contributed by atoms with Gasteiger partial charge in [0.25, 0.3) is 0 Å². The van der Waals surface area contributed by atoms with Crippen molar-refractivity contribution in [3.05, 3.63) is 77.4 Å². The standard InChI is InChI=1S/C23H28O/c1-3-5-15-24-23-14-13-21-16-20(11-12-22(21)17-23)19-9-7-18(6-4-2)8-10-19/h3,7-10,13-14,17,20H,1,4-6,11-12,15-16H2,2H3. The Morgan fingerprint density at radius 3 is 2.71 bits per heavy atom. The molecule has 1 heteroatoms. The Hall–Kier alpha value is -2.02. The summed E-state index contributed by atoms with van der Waals surface area (Å²) in [5, 5.41) is 0. The smallest absolute Gasteiger partial charge is 0.119 e. The minimum Gasteiger partial charge on any atom is -0.493 e. The fraction of sp³-hybridized carbons (Fsp3) is 0.391. The predicted molar refractivity (Wildman–Crippen MR) is 102 cm³/mol. The largest absolute Gasteiger partial charge is 0.493 e. The zero-order valence-corrected chi connectivity index (χ0v) is 14.8. The van der Waals surface area contributed by atoms with Crippen molar-refractivity contribution >= 4 is 0 Å². The van der Waals surface area contributed by atoms with Crippen LogP contribution in [0, 0.1) is 0 Å². The number of aryl methyl sites for hydroxylation is 2. The van der Waals surface area contributed by atoms with Gasteiger partial charge < -0.3 is 4.74 Å². The van der Waals surface area contributed by atoms with Gasteiger partial charge in [-0.05, 0) is 72.4 Å². The fourth-order valence-corrected chi connectivity index (χ4v) is 3.61. The maximum absolute atomic E-state index is 5.79. The fourth-order valence-electron chi connectivity index (χ4n) is 3.61. The average molecular weight is 320 g/mol.